The molecular formula is C15H28N4O2. The Labute approximate surface area is 127 Å². The van der Waals surface area contributed by atoms with Gasteiger partial charge in [-0.15, -0.1) is 0 Å². The highest BCUT2D eigenvalue weighted by molar-refractivity contribution is 5.76. The summed E-state index contributed by atoms with van der Waals surface area (Å²) in [5.41, 5.74) is 5.22. The average molecular weight is 296 g/mol. The first-order valence-corrected chi connectivity index (χ1v) is 8.14. The standard InChI is InChI=1S/C15H28N4O2/c16-14(20)4-3-13-2-1-8-18(12-13)9-5-15(21)19-10-6-17-7-11-19/h13,17H,1-12H2,(H2,16,20). The molecule has 2 aliphatic heterocycles. The van der Waals surface area contributed by atoms with Crippen LogP contribution in [0.2, 0.25) is 0 Å². The lowest BCUT2D eigenvalue weighted by molar-refractivity contribution is -0.132. The molecule has 2 aliphatic rings. The van der Waals surface area contributed by atoms with Crippen LogP contribution in [-0.4, -0.2) is 67.4 Å². The molecule has 0 bridgehead atoms. The molecule has 2 amide bonds. The van der Waals surface area contributed by atoms with Crippen molar-refractivity contribution in [1.29, 1.82) is 0 Å². The van der Waals surface area contributed by atoms with Crippen molar-refractivity contribution < 1.29 is 9.59 Å². The molecule has 21 heavy (non-hydrogen) atoms. The molecule has 3 N–H and O–H groups in total. The second-order valence-corrected chi connectivity index (χ2v) is 6.19. The van der Waals surface area contributed by atoms with E-state index in [2.05, 4.69) is 10.2 Å². The number of amides is 2. The number of nitrogens with zero attached hydrogens (tertiary/aromatic N) is 2. The van der Waals surface area contributed by atoms with Crippen molar-refractivity contribution in [2.45, 2.75) is 32.1 Å². The molecule has 0 aromatic carbocycles. The molecule has 0 aromatic heterocycles. The largest absolute Gasteiger partial charge is 0.370 e. The van der Waals surface area contributed by atoms with Crippen LogP contribution in [0.4, 0.5) is 0 Å². The molecule has 2 rings (SSSR count). The number of nitrogens with one attached hydrogen (secondary N) is 1. The van der Waals surface area contributed by atoms with E-state index in [-0.39, 0.29) is 11.8 Å². The minimum absolute atomic E-state index is 0.207. The summed E-state index contributed by atoms with van der Waals surface area (Å²) >= 11 is 0. The number of hydrogen-bond acceptors (Lipinski definition) is 4. The van der Waals surface area contributed by atoms with Gasteiger partial charge in [0.25, 0.3) is 0 Å². The summed E-state index contributed by atoms with van der Waals surface area (Å²) in [4.78, 5) is 27.3. The molecule has 1 unspecified atom stereocenters. The number of carbonyl (C=O) groups excluding carboxylic acids is 2. The van der Waals surface area contributed by atoms with Gasteiger partial charge >= 0.3 is 0 Å². The highest BCUT2D eigenvalue weighted by Crippen LogP contribution is 2.21. The van der Waals surface area contributed by atoms with E-state index in [1.807, 2.05) is 4.90 Å². The van der Waals surface area contributed by atoms with E-state index in [0.29, 0.717) is 18.8 Å². The lowest BCUT2D eigenvalue weighted by atomic mass is 9.93. The van der Waals surface area contributed by atoms with E-state index in [4.69, 9.17) is 5.73 Å². The summed E-state index contributed by atoms with van der Waals surface area (Å²) in [6.07, 6.45) is 4.32. The Morgan fingerprint density at radius 2 is 1.90 bits per heavy atom. The molecule has 6 nitrogen and oxygen atoms in total. The fourth-order valence-electron chi connectivity index (χ4n) is 3.26. The van der Waals surface area contributed by atoms with Gasteiger partial charge in [-0.05, 0) is 31.7 Å². The Hall–Kier alpha value is -1.14. The number of piperidine rings is 1. The van der Waals surface area contributed by atoms with Crippen molar-refractivity contribution in [3.8, 4) is 0 Å². The highest BCUT2D eigenvalue weighted by Gasteiger charge is 2.22. The first kappa shape index (κ1) is 16.2. The summed E-state index contributed by atoms with van der Waals surface area (Å²) < 4.78 is 0. The molecule has 0 aromatic rings. The Bertz CT molecular complexity index is 356. The Morgan fingerprint density at radius 1 is 1.14 bits per heavy atom. The fourth-order valence-corrected chi connectivity index (χ4v) is 3.26. The van der Waals surface area contributed by atoms with Crippen LogP contribution in [0.25, 0.3) is 0 Å². The number of likely N-dealkylation sites (tertiary alicyclic amines) is 1. The van der Waals surface area contributed by atoms with Gasteiger partial charge < -0.3 is 20.9 Å². The quantitative estimate of drug-likeness (QED) is 0.711. The maximum atomic E-state index is 12.1. The van der Waals surface area contributed by atoms with E-state index in [9.17, 15) is 9.59 Å². The second kappa shape index (κ2) is 8.34. The van der Waals surface area contributed by atoms with Crippen molar-refractivity contribution in [3.63, 3.8) is 0 Å². The highest BCUT2D eigenvalue weighted by atomic mass is 16.2. The van der Waals surface area contributed by atoms with Crippen LogP contribution < -0.4 is 11.1 Å². The van der Waals surface area contributed by atoms with Crippen molar-refractivity contribution in [2.75, 3.05) is 45.8 Å². The zero-order valence-corrected chi connectivity index (χ0v) is 12.9. The smallest absolute Gasteiger partial charge is 0.223 e. The molecule has 0 spiro atoms. The van der Waals surface area contributed by atoms with Crippen molar-refractivity contribution >= 4 is 11.8 Å². The van der Waals surface area contributed by atoms with Gasteiger partial charge in [0.15, 0.2) is 0 Å². The normalized spacial score (nSPS) is 24.0. The summed E-state index contributed by atoms with van der Waals surface area (Å²) in [5, 5.41) is 3.26. The Morgan fingerprint density at radius 3 is 2.62 bits per heavy atom. The van der Waals surface area contributed by atoms with E-state index < -0.39 is 0 Å². The molecule has 120 valence electrons. The summed E-state index contributed by atoms with van der Waals surface area (Å²) in [6.45, 7) is 6.40. The minimum atomic E-state index is -0.207. The van der Waals surface area contributed by atoms with Gasteiger partial charge in [-0.25, -0.2) is 0 Å². The van der Waals surface area contributed by atoms with Crippen LogP contribution in [0, 0.1) is 5.92 Å². The summed E-state index contributed by atoms with van der Waals surface area (Å²) in [7, 11) is 0. The molecule has 2 saturated heterocycles. The van der Waals surface area contributed by atoms with Crippen LogP contribution in [0.3, 0.4) is 0 Å². The maximum absolute atomic E-state index is 12.1. The zero-order chi connectivity index (χ0) is 15.1. The van der Waals surface area contributed by atoms with E-state index in [1.165, 1.54) is 6.42 Å². The second-order valence-electron chi connectivity index (χ2n) is 6.19. The topological polar surface area (TPSA) is 78.7 Å². The van der Waals surface area contributed by atoms with Crippen LogP contribution in [0.5, 0.6) is 0 Å². The first-order chi connectivity index (χ1) is 10.1. The average Bonchev–Trinajstić information content (AvgIpc) is 2.52. The first-order valence-electron chi connectivity index (χ1n) is 8.14. The van der Waals surface area contributed by atoms with Crippen molar-refractivity contribution in [3.05, 3.63) is 0 Å². The van der Waals surface area contributed by atoms with E-state index in [1.54, 1.807) is 0 Å². The van der Waals surface area contributed by atoms with E-state index in [0.717, 1.165) is 58.7 Å². The van der Waals surface area contributed by atoms with Gasteiger partial charge in [0, 0.05) is 52.1 Å². The predicted molar refractivity (Wildman–Crippen MR) is 81.7 cm³/mol. The molecule has 0 radical (unpaired) electrons. The lowest BCUT2D eigenvalue weighted by Crippen LogP contribution is -2.47. The van der Waals surface area contributed by atoms with Gasteiger partial charge in [-0.2, -0.15) is 0 Å². The van der Waals surface area contributed by atoms with Crippen LogP contribution in [-0.2, 0) is 9.59 Å². The minimum Gasteiger partial charge on any atom is -0.370 e. The lowest BCUT2D eigenvalue weighted by Gasteiger charge is -2.33. The number of primary amides is 1. The number of nitrogens with two attached hydrogens (primary N) is 1. The zero-order valence-electron chi connectivity index (χ0n) is 12.9. The van der Waals surface area contributed by atoms with E-state index >= 15 is 0 Å². The SMILES string of the molecule is NC(=O)CCC1CCCN(CCC(=O)N2CCNCC2)C1. The molecule has 1 atom stereocenters. The van der Waals surface area contributed by atoms with Gasteiger partial charge in [-0.3, -0.25) is 9.59 Å². The molecule has 0 aliphatic carbocycles. The number of piperazine rings is 1. The van der Waals surface area contributed by atoms with Crippen molar-refractivity contribution in [2.24, 2.45) is 11.7 Å². The number of hydrogen-bond donors (Lipinski definition) is 2. The Balaban J connectivity index is 1.67. The summed E-state index contributed by atoms with van der Waals surface area (Å²) in [6, 6.07) is 0. The fraction of sp³-hybridized carbons (Fsp3) is 0.867. The van der Waals surface area contributed by atoms with Crippen LogP contribution >= 0.6 is 0 Å². The predicted octanol–water partition coefficient (Wildman–Crippen LogP) is -0.214. The molecule has 2 fully saturated rings. The Kier molecular flexibility index (Phi) is 6.45. The molecule has 2 heterocycles. The van der Waals surface area contributed by atoms with Gasteiger partial charge in [0.05, 0.1) is 0 Å². The van der Waals surface area contributed by atoms with Gasteiger partial charge in [0.1, 0.15) is 0 Å². The third-order valence-electron chi connectivity index (χ3n) is 4.51. The number of carbonyl (C=O) groups is 2. The summed E-state index contributed by atoms with van der Waals surface area (Å²) in [5.74, 6) is 0.623. The van der Waals surface area contributed by atoms with Crippen molar-refractivity contribution in [1.82, 2.24) is 15.1 Å². The third-order valence-corrected chi connectivity index (χ3v) is 4.51. The maximum Gasteiger partial charge on any atom is 0.223 e. The molecule has 0 saturated carbocycles. The monoisotopic (exact) mass is 296 g/mol. The van der Waals surface area contributed by atoms with Crippen LogP contribution in [0.1, 0.15) is 32.1 Å². The van der Waals surface area contributed by atoms with Gasteiger partial charge in [0.2, 0.25) is 11.8 Å². The molecule has 6 heteroatoms. The van der Waals surface area contributed by atoms with Gasteiger partial charge in [-0.1, -0.05) is 0 Å². The number of rotatable bonds is 6. The van der Waals surface area contributed by atoms with Crippen LogP contribution in [0.15, 0.2) is 0 Å². The molecular weight excluding hydrogens is 268 g/mol. The third kappa shape index (κ3) is 5.63.